The van der Waals surface area contributed by atoms with Crippen LogP contribution in [-0.2, 0) is 27.6 Å². The summed E-state index contributed by atoms with van der Waals surface area (Å²) in [5.41, 5.74) is 2.81. The Labute approximate surface area is 164 Å². The van der Waals surface area contributed by atoms with Gasteiger partial charge in [0.15, 0.2) is 15.0 Å². The van der Waals surface area contributed by atoms with Gasteiger partial charge in [0, 0.05) is 24.9 Å². The average Bonchev–Trinajstić information content (AvgIpc) is 3.21. The van der Waals surface area contributed by atoms with E-state index in [0.717, 1.165) is 23.4 Å². The molecule has 0 spiro atoms. The second-order valence-electron chi connectivity index (χ2n) is 6.93. The van der Waals surface area contributed by atoms with Crippen LogP contribution >= 0.6 is 11.3 Å². The molecule has 1 saturated heterocycles. The number of rotatable bonds is 6. The molecule has 1 atom stereocenters. The zero-order chi connectivity index (χ0) is 19.6. The Balaban J connectivity index is 1.79. The topological polar surface area (TPSA) is 70.6 Å². The lowest BCUT2D eigenvalue weighted by molar-refractivity contribution is -0.115. The van der Waals surface area contributed by atoms with Crippen LogP contribution in [0.5, 0.6) is 0 Å². The van der Waals surface area contributed by atoms with Crippen LogP contribution in [0.1, 0.15) is 31.5 Å². The van der Waals surface area contributed by atoms with E-state index in [-0.39, 0.29) is 23.5 Å². The van der Waals surface area contributed by atoms with E-state index in [1.807, 2.05) is 41.6 Å². The average molecular weight is 408 g/mol. The van der Waals surface area contributed by atoms with Crippen LogP contribution in [0, 0.1) is 0 Å². The smallest absolute Gasteiger partial charge is 0.230 e. The van der Waals surface area contributed by atoms with Crippen molar-refractivity contribution >= 4 is 37.9 Å². The Morgan fingerprint density at radius 1 is 1.33 bits per heavy atom. The van der Waals surface area contributed by atoms with Crippen molar-refractivity contribution in [2.24, 2.45) is 0 Å². The first-order valence-corrected chi connectivity index (χ1v) is 11.7. The van der Waals surface area contributed by atoms with Crippen molar-refractivity contribution in [1.29, 1.82) is 0 Å². The Hall–Kier alpha value is -1.77. The van der Waals surface area contributed by atoms with E-state index in [1.165, 1.54) is 11.3 Å². The van der Waals surface area contributed by atoms with Gasteiger partial charge >= 0.3 is 0 Å². The summed E-state index contributed by atoms with van der Waals surface area (Å²) in [5.74, 6) is 0.396. The molecule has 6 nitrogen and oxygen atoms in total. The number of aromatic nitrogens is 1. The Bertz CT molecular complexity index is 924. The van der Waals surface area contributed by atoms with Crippen molar-refractivity contribution in [3.63, 3.8) is 0 Å². The third kappa shape index (κ3) is 4.56. The molecule has 0 saturated carbocycles. The van der Waals surface area contributed by atoms with Crippen molar-refractivity contribution in [3.8, 4) is 0 Å². The number of benzene rings is 1. The Morgan fingerprint density at radius 3 is 2.70 bits per heavy atom. The van der Waals surface area contributed by atoms with Crippen LogP contribution in [0.4, 0.5) is 10.8 Å². The first-order chi connectivity index (χ1) is 12.8. The summed E-state index contributed by atoms with van der Waals surface area (Å²) >= 11 is 1.43. The van der Waals surface area contributed by atoms with Gasteiger partial charge < -0.3 is 0 Å². The van der Waals surface area contributed by atoms with Crippen LogP contribution in [-0.4, -0.2) is 48.8 Å². The molecule has 146 valence electrons. The lowest BCUT2D eigenvalue weighted by Crippen LogP contribution is -2.32. The van der Waals surface area contributed by atoms with E-state index in [0.29, 0.717) is 18.1 Å². The number of sulfone groups is 1. The van der Waals surface area contributed by atoms with Gasteiger partial charge in [-0.05, 0) is 31.5 Å². The molecule has 1 aromatic carbocycles. The number of anilines is 2. The largest absolute Gasteiger partial charge is 0.297 e. The van der Waals surface area contributed by atoms with Gasteiger partial charge in [0.25, 0.3) is 0 Å². The van der Waals surface area contributed by atoms with E-state index in [4.69, 9.17) is 0 Å². The van der Waals surface area contributed by atoms with Gasteiger partial charge in [-0.3, -0.25) is 14.6 Å². The number of nitrogens with zero attached hydrogens (tertiary/aromatic N) is 3. The molecule has 0 radical (unpaired) electrons. The normalized spacial score (nSPS) is 18.7. The number of aryl methyl sites for hydroxylation is 1. The second kappa shape index (κ2) is 8.08. The lowest BCUT2D eigenvalue weighted by Gasteiger charge is -2.22. The molecule has 0 N–H and O–H groups in total. The maximum atomic E-state index is 12.3. The molecule has 1 amide bonds. The summed E-state index contributed by atoms with van der Waals surface area (Å²) in [4.78, 5) is 20.7. The molecular weight excluding hydrogens is 382 g/mol. The highest BCUT2D eigenvalue weighted by atomic mass is 32.2. The Kier molecular flexibility index (Phi) is 5.98. The maximum Gasteiger partial charge on any atom is 0.230 e. The summed E-state index contributed by atoms with van der Waals surface area (Å²) in [6, 6.07) is 7.89. The van der Waals surface area contributed by atoms with Gasteiger partial charge in [-0.25, -0.2) is 13.4 Å². The number of hydrogen-bond acceptors (Lipinski definition) is 6. The lowest BCUT2D eigenvalue weighted by atomic mass is 10.1. The highest BCUT2D eigenvalue weighted by Gasteiger charge is 2.31. The van der Waals surface area contributed by atoms with Crippen LogP contribution in [0.3, 0.4) is 0 Å². The molecule has 3 rings (SSSR count). The molecule has 1 aliphatic heterocycles. The highest BCUT2D eigenvalue weighted by molar-refractivity contribution is 7.91. The van der Waals surface area contributed by atoms with Gasteiger partial charge in [-0.2, -0.15) is 0 Å². The van der Waals surface area contributed by atoms with Gasteiger partial charge in [0.1, 0.15) is 0 Å². The first kappa shape index (κ1) is 20.0. The zero-order valence-electron chi connectivity index (χ0n) is 15.9. The SMILES string of the molecule is CCc1ccccc1N(C(C)=O)c1nc(CN(C)C2CCS(=O)(=O)C2)cs1. The number of carbonyl (C=O) groups is 1. The molecule has 1 aromatic heterocycles. The predicted molar refractivity (Wildman–Crippen MR) is 109 cm³/mol. The highest BCUT2D eigenvalue weighted by Crippen LogP contribution is 2.32. The monoisotopic (exact) mass is 407 g/mol. The molecular formula is C19H25N3O3S2. The quantitative estimate of drug-likeness (QED) is 0.736. The molecule has 0 aliphatic carbocycles. The van der Waals surface area contributed by atoms with E-state index < -0.39 is 9.84 Å². The van der Waals surface area contributed by atoms with Crippen molar-refractivity contribution in [3.05, 3.63) is 40.9 Å². The fourth-order valence-corrected chi connectivity index (χ4v) is 6.09. The van der Waals surface area contributed by atoms with Gasteiger partial charge in [-0.1, -0.05) is 25.1 Å². The van der Waals surface area contributed by atoms with Crippen molar-refractivity contribution in [1.82, 2.24) is 9.88 Å². The molecule has 27 heavy (non-hydrogen) atoms. The Morgan fingerprint density at radius 2 is 2.07 bits per heavy atom. The van der Waals surface area contributed by atoms with Crippen molar-refractivity contribution in [2.45, 2.75) is 39.3 Å². The number of para-hydroxylation sites is 1. The summed E-state index contributed by atoms with van der Waals surface area (Å²) in [6.07, 6.45) is 1.50. The minimum absolute atomic E-state index is 0.0323. The molecule has 2 heterocycles. The van der Waals surface area contributed by atoms with Crippen LogP contribution < -0.4 is 4.90 Å². The fourth-order valence-electron chi connectivity index (χ4n) is 3.41. The molecule has 2 aromatic rings. The molecule has 1 aliphatic rings. The van der Waals surface area contributed by atoms with Crippen LogP contribution in [0.2, 0.25) is 0 Å². The van der Waals surface area contributed by atoms with E-state index >= 15 is 0 Å². The minimum atomic E-state index is -2.91. The molecule has 1 fully saturated rings. The number of thiazole rings is 1. The van der Waals surface area contributed by atoms with Crippen LogP contribution in [0.25, 0.3) is 0 Å². The fraction of sp³-hybridized carbons (Fsp3) is 0.474. The van der Waals surface area contributed by atoms with E-state index in [2.05, 4.69) is 11.9 Å². The van der Waals surface area contributed by atoms with Crippen molar-refractivity contribution < 1.29 is 13.2 Å². The number of hydrogen-bond donors (Lipinski definition) is 0. The second-order valence-corrected chi connectivity index (χ2v) is 10.00. The summed E-state index contributed by atoms with van der Waals surface area (Å²) in [5, 5.41) is 2.59. The first-order valence-electron chi connectivity index (χ1n) is 9.04. The summed E-state index contributed by atoms with van der Waals surface area (Å²) in [6.45, 7) is 4.18. The maximum absolute atomic E-state index is 12.3. The van der Waals surface area contributed by atoms with E-state index in [1.54, 1.807) is 11.8 Å². The van der Waals surface area contributed by atoms with Crippen molar-refractivity contribution in [2.75, 3.05) is 23.5 Å². The predicted octanol–water partition coefficient (Wildman–Crippen LogP) is 3.01. The van der Waals surface area contributed by atoms with E-state index in [9.17, 15) is 13.2 Å². The minimum Gasteiger partial charge on any atom is -0.297 e. The molecule has 8 heteroatoms. The number of amides is 1. The summed E-state index contributed by atoms with van der Waals surface area (Å²) in [7, 11) is -0.978. The molecule has 0 bridgehead atoms. The summed E-state index contributed by atoms with van der Waals surface area (Å²) < 4.78 is 23.4. The molecule has 1 unspecified atom stereocenters. The van der Waals surface area contributed by atoms with Gasteiger partial charge in [0.05, 0.1) is 22.9 Å². The van der Waals surface area contributed by atoms with Gasteiger partial charge in [0.2, 0.25) is 5.91 Å². The third-order valence-electron chi connectivity index (χ3n) is 4.90. The zero-order valence-corrected chi connectivity index (χ0v) is 17.5. The third-order valence-corrected chi connectivity index (χ3v) is 7.53. The van der Waals surface area contributed by atoms with Gasteiger partial charge in [-0.15, -0.1) is 11.3 Å². The number of carbonyl (C=O) groups excluding carboxylic acids is 1. The standard InChI is InChI=1S/C19H25N3O3S2/c1-4-15-7-5-6-8-18(15)22(14(2)23)19-20-16(12-26-19)11-21(3)17-9-10-27(24,25)13-17/h5-8,12,17H,4,9-11,13H2,1-3H3. The van der Waals surface area contributed by atoms with Crippen LogP contribution in [0.15, 0.2) is 29.6 Å².